The number of fused-ring (bicyclic) bond motifs is 1. The van der Waals surface area contributed by atoms with Crippen LogP contribution >= 0.6 is 0 Å². The average Bonchev–Trinajstić information content (AvgIpc) is 2.80. The first-order chi connectivity index (χ1) is 9.70. The van der Waals surface area contributed by atoms with E-state index in [4.69, 9.17) is 4.74 Å². The highest BCUT2D eigenvalue weighted by Gasteiger charge is 2.22. The van der Waals surface area contributed by atoms with Gasteiger partial charge in [0, 0.05) is 18.4 Å². The van der Waals surface area contributed by atoms with Crippen LogP contribution in [0.2, 0.25) is 0 Å². The Morgan fingerprint density at radius 1 is 1.15 bits per heavy atom. The number of ether oxygens (including phenoxy) is 1. The normalized spacial score (nSPS) is 17.1. The molecule has 0 aliphatic heterocycles. The van der Waals surface area contributed by atoms with Crippen LogP contribution in [-0.4, -0.2) is 22.1 Å². The fourth-order valence-corrected chi connectivity index (χ4v) is 2.60. The quantitative estimate of drug-likeness (QED) is 0.927. The Bertz CT molecular complexity index is 584. The highest BCUT2D eigenvalue weighted by molar-refractivity contribution is 5.42. The van der Waals surface area contributed by atoms with Gasteiger partial charge in [-0.25, -0.2) is 9.97 Å². The van der Waals surface area contributed by atoms with E-state index in [0.717, 1.165) is 18.6 Å². The third-order valence-electron chi connectivity index (χ3n) is 3.38. The number of nitrogens with zero attached hydrogens (tertiary/aromatic N) is 2. The molecule has 1 N–H and O–H groups in total. The third-order valence-corrected chi connectivity index (χ3v) is 3.38. The van der Waals surface area contributed by atoms with Gasteiger partial charge < -0.3 is 10.1 Å². The molecule has 0 amide bonds. The number of anilines is 1. The van der Waals surface area contributed by atoms with Crippen molar-refractivity contribution in [3.05, 3.63) is 47.8 Å². The predicted molar refractivity (Wildman–Crippen MR) is 79.1 cm³/mol. The summed E-state index contributed by atoms with van der Waals surface area (Å²) in [6, 6.07) is 8.56. The van der Waals surface area contributed by atoms with E-state index in [-0.39, 0.29) is 6.10 Å². The smallest absolute Gasteiger partial charge is 0.222 e. The number of benzene rings is 1. The number of hydrogen-bond donors (Lipinski definition) is 1. The Kier molecular flexibility index (Phi) is 3.54. The summed E-state index contributed by atoms with van der Waals surface area (Å²) in [5.41, 5.74) is 2.74. The summed E-state index contributed by atoms with van der Waals surface area (Å²) in [6.45, 7) is 4.09. The zero-order chi connectivity index (χ0) is 13.9. The Morgan fingerprint density at radius 2 is 1.90 bits per heavy atom. The SMILES string of the molecule is CC(C)Oc1ccc2c(c1)CC(Nc1ncccn1)C2. The molecule has 1 aromatic carbocycles. The molecule has 0 saturated heterocycles. The van der Waals surface area contributed by atoms with E-state index in [1.165, 1.54) is 11.1 Å². The molecule has 4 heteroatoms. The molecule has 0 bridgehead atoms. The monoisotopic (exact) mass is 269 g/mol. The molecular formula is C16H19N3O. The zero-order valence-electron chi connectivity index (χ0n) is 11.8. The van der Waals surface area contributed by atoms with Gasteiger partial charge in [0.2, 0.25) is 5.95 Å². The second-order valence-corrected chi connectivity index (χ2v) is 5.42. The van der Waals surface area contributed by atoms with Crippen LogP contribution in [0, 0.1) is 0 Å². The Labute approximate surface area is 119 Å². The Morgan fingerprint density at radius 3 is 2.65 bits per heavy atom. The van der Waals surface area contributed by atoms with Crippen molar-refractivity contribution in [2.24, 2.45) is 0 Å². The van der Waals surface area contributed by atoms with Gasteiger partial charge in [0.15, 0.2) is 0 Å². The molecule has 1 heterocycles. The number of hydrogen-bond acceptors (Lipinski definition) is 4. The van der Waals surface area contributed by atoms with Crippen molar-refractivity contribution >= 4 is 5.95 Å². The molecule has 20 heavy (non-hydrogen) atoms. The van der Waals surface area contributed by atoms with Crippen LogP contribution in [0.5, 0.6) is 5.75 Å². The molecule has 0 saturated carbocycles. The Hall–Kier alpha value is -2.10. The van der Waals surface area contributed by atoms with E-state index < -0.39 is 0 Å². The molecule has 0 radical (unpaired) electrons. The molecular weight excluding hydrogens is 250 g/mol. The van der Waals surface area contributed by atoms with Crippen molar-refractivity contribution in [3.63, 3.8) is 0 Å². The molecule has 2 aromatic rings. The summed E-state index contributed by atoms with van der Waals surface area (Å²) >= 11 is 0. The number of aromatic nitrogens is 2. The van der Waals surface area contributed by atoms with Crippen LogP contribution in [0.1, 0.15) is 25.0 Å². The summed E-state index contributed by atoms with van der Waals surface area (Å²) in [4.78, 5) is 8.43. The van der Waals surface area contributed by atoms with Gasteiger partial charge in [-0.1, -0.05) is 6.07 Å². The van der Waals surface area contributed by atoms with Gasteiger partial charge in [0.1, 0.15) is 5.75 Å². The molecule has 1 aliphatic carbocycles. The second-order valence-electron chi connectivity index (χ2n) is 5.42. The van der Waals surface area contributed by atoms with Crippen LogP contribution < -0.4 is 10.1 Å². The fraction of sp³-hybridized carbons (Fsp3) is 0.375. The molecule has 1 unspecified atom stereocenters. The Balaban J connectivity index is 1.69. The van der Waals surface area contributed by atoms with Crippen LogP contribution in [0.3, 0.4) is 0 Å². The van der Waals surface area contributed by atoms with Gasteiger partial charge in [-0.05, 0) is 56.0 Å². The van der Waals surface area contributed by atoms with Crippen molar-refractivity contribution in [3.8, 4) is 5.75 Å². The summed E-state index contributed by atoms with van der Waals surface area (Å²) in [5, 5.41) is 3.38. The maximum Gasteiger partial charge on any atom is 0.222 e. The van der Waals surface area contributed by atoms with Crippen LogP contribution in [0.25, 0.3) is 0 Å². The lowest BCUT2D eigenvalue weighted by Gasteiger charge is -2.11. The summed E-state index contributed by atoms with van der Waals surface area (Å²) in [6.07, 6.45) is 5.72. The highest BCUT2D eigenvalue weighted by Crippen LogP contribution is 2.28. The minimum absolute atomic E-state index is 0.209. The van der Waals surface area contributed by atoms with Crippen molar-refractivity contribution < 1.29 is 4.74 Å². The molecule has 104 valence electrons. The minimum Gasteiger partial charge on any atom is -0.491 e. The average molecular weight is 269 g/mol. The van der Waals surface area contributed by atoms with Gasteiger partial charge in [-0.15, -0.1) is 0 Å². The molecule has 3 rings (SSSR count). The van der Waals surface area contributed by atoms with Crippen LogP contribution in [0.15, 0.2) is 36.7 Å². The number of rotatable bonds is 4. The summed E-state index contributed by atoms with van der Waals surface area (Å²) < 4.78 is 5.75. The van der Waals surface area contributed by atoms with Crippen LogP contribution in [0.4, 0.5) is 5.95 Å². The lowest BCUT2D eigenvalue weighted by molar-refractivity contribution is 0.242. The highest BCUT2D eigenvalue weighted by atomic mass is 16.5. The van der Waals surface area contributed by atoms with Gasteiger partial charge in [0.25, 0.3) is 0 Å². The van der Waals surface area contributed by atoms with E-state index in [2.05, 4.69) is 33.5 Å². The second kappa shape index (κ2) is 5.49. The largest absolute Gasteiger partial charge is 0.491 e. The van der Waals surface area contributed by atoms with Crippen LogP contribution in [-0.2, 0) is 12.8 Å². The zero-order valence-corrected chi connectivity index (χ0v) is 11.8. The lowest BCUT2D eigenvalue weighted by Crippen LogP contribution is -2.20. The first-order valence-electron chi connectivity index (χ1n) is 7.03. The molecule has 1 atom stereocenters. The first-order valence-corrected chi connectivity index (χ1v) is 7.03. The van der Waals surface area contributed by atoms with E-state index in [9.17, 15) is 0 Å². The van der Waals surface area contributed by atoms with Crippen molar-refractivity contribution in [1.29, 1.82) is 0 Å². The molecule has 4 nitrogen and oxygen atoms in total. The van der Waals surface area contributed by atoms with Crippen molar-refractivity contribution in [1.82, 2.24) is 9.97 Å². The molecule has 0 fully saturated rings. The summed E-state index contributed by atoms with van der Waals surface area (Å²) in [5.74, 6) is 1.65. The topological polar surface area (TPSA) is 47.0 Å². The molecule has 0 spiro atoms. The maximum atomic E-state index is 5.75. The first kappa shape index (κ1) is 12.9. The van der Waals surface area contributed by atoms with Gasteiger partial charge >= 0.3 is 0 Å². The fourth-order valence-electron chi connectivity index (χ4n) is 2.60. The third kappa shape index (κ3) is 2.90. The minimum atomic E-state index is 0.209. The van der Waals surface area contributed by atoms with Gasteiger partial charge in [-0.2, -0.15) is 0 Å². The van der Waals surface area contributed by atoms with Crippen molar-refractivity contribution in [2.75, 3.05) is 5.32 Å². The van der Waals surface area contributed by atoms with Crippen molar-refractivity contribution in [2.45, 2.75) is 38.8 Å². The van der Waals surface area contributed by atoms with Gasteiger partial charge in [-0.3, -0.25) is 0 Å². The molecule has 1 aliphatic rings. The predicted octanol–water partition coefficient (Wildman–Crippen LogP) is 2.84. The lowest BCUT2D eigenvalue weighted by atomic mass is 10.1. The van der Waals surface area contributed by atoms with Gasteiger partial charge in [0.05, 0.1) is 6.10 Å². The number of nitrogens with one attached hydrogen (secondary N) is 1. The maximum absolute atomic E-state index is 5.75. The molecule has 1 aromatic heterocycles. The van der Waals surface area contributed by atoms with E-state index in [1.54, 1.807) is 12.4 Å². The summed E-state index contributed by atoms with van der Waals surface area (Å²) in [7, 11) is 0. The van der Waals surface area contributed by atoms with E-state index in [1.807, 2.05) is 19.9 Å². The van der Waals surface area contributed by atoms with E-state index >= 15 is 0 Å². The standard InChI is InChI=1S/C16H19N3O/c1-11(2)20-15-5-4-12-8-14(9-13(12)10-15)19-16-17-6-3-7-18-16/h3-7,10-11,14H,8-9H2,1-2H3,(H,17,18,19). The van der Waals surface area contributed by atoms with E-state index in [0.29, 0.717) is 12.0 Å².